The number of nitrogens with zero attached hydrogens (tertiary/aromatic N) is 3. The van der Waals surface area contributed by atoms with Gasteiger partial charge in [-0.05, 0) is 55.6 Å². The zero-order valence-electron chi connectivity index (χ0n) is 24.8. The van der Waals surface area contributed by atoms with Crippen LogP contribution >= 0.6 is 0 Å². The van der Waals surface area contributed by atoms with Gasteiger partial charge in [0.05, 0.1) is 0 Å². The van der Waals surface area contributed by atoms with Crippen molar-refractivity contribution in [3.8, 4) is 0 Å². The van der Waals surface area contributed by atoms with Crippen molar-refractivity contribution in [2.24, 2.45) is 0 Å². The normalized spacial score (nSPS) is 14.8. The van der Waals surface area contributed by atoms with E-state index >= 15 is 0 Å². The number of rotatable bonds is 8. The second kappa shape index (κ2) is 13.4. The van der Waals surface area contributed by atoms with Gasteiger partial charge in [0.25, 0.3) is 0 Å². The summed E-state index contributed by atoms with van der Waals surface area (Å²) >= 11 is 0. The van der Waals surface area contributed by atoms with Crippen LogP contribution in [0.4, 0.5) is 21.0 Å². The average molecular weight is 582 g/mol. The van der Waals surface area contributed by atoms with E-state index in [9.17, 15) is 14.4 Å². The van der Waals surface area contributed by atoms with E-state index in [1.165, 1.54) is 0 Å². The van der Waals surface area contributed by atoms with Crippen molar-refractivity contribution in [2.45, 2.75) is 25.4 Å². The Balaban J connectivity index is 1.29. The Morgan fingerprint density at radius 3 is 2.19 bits per heavy atom. The lowest BCUT2D eigenvalue weighted by Gasteiger charge is -2.36. The van der Waals surface area contributed by atoms with E-state index < -0.39 is 6.04 Å². The highest BCUT2D eigenvalue weighted by atomic mass is 16.2. The third-order valence-corrected chi connectivity index (χ3v) is 7.75. The molecule has 1 saturated heterocycles. The number of piperazine rings is 1. The van der Waals surface area contributed by atoms with Gasteiger partial charge in [-0.25, -0.2) is 9.59 Å². The fraction of sp³-hybridized carbons (Fsp3) is 0.303. The molecule has 5 amide bonds. The van der Waals surface area contributed by atoms with Crippen LogP contribution in [0.1, 0.15) is 24.0 Å². The molecule has 1 fully saturated rings. The summed E-state index contributed by atoms with van der Waals surface area (Å²) in [6, 6.07) is 23.6. The van der Waals surface area contributed by atoms with Crippen molar-refractivity contribution >= 4 is 40.2 Å². The summed E-state index contributed by atoms with van der Waals surface area (Å²) in [4.78, 5) is 48.8. The molecule has 3 aromatic carbocycles. The molecule has 1 aliphatic heterocycles. The average Bonchev–Trinajstić information content (AvgIpc) is 3.44. The summed E-state index contributed by atoms with van der Waals surface area (Å²) in [6.45, 7) is 4.19. The van der Waals surface area contributed by atoms with E-state index in [0.29, 0.717) is 31.9 Å². The zero-order valence-corrected chi connectivity index (χ0v) is 24.8. The van der Waals surface area contributed by atoms with Gasteiger partial charge in [0.2, 0.25) is 5.91 Å². The highest BCUT2D eigenvalue weighted by Crippen LogP contribution is 2.29. The van der Waals surface area contributed by atoms with Crippen LogP contribution in [0.2, 0.25) is 0 Å². The topological polar surface area (TPSA) is 113 Å². The molecule has 4 aromatic rings. The smallest absolute Gasteiger partial charge is 0.321 e. The van der Waals surface area contributed by atoms with E-state index in [1.54, 1.807) is 9.80 Å². The molecule has 0 radical (unpaired) electrons. The van der Waals surface area contributed by atoms with E-state index in [2.05, 4.69) is 25.8 Å². The molecule has 0 bridgehead atoms. The van der Waals surface area contributed by atoms with Gasteiger partial charge in [-0.2, -0.15) is 0 Å². The van der Waals surface area contributed by atoms with Gasteiger partial charge in [-0.1, -0.05) is 55.5 Å². The van der Waals surface area contributed by atoms with Crippen molar-refractivity contribution in [3.63, 3.8) is 0 Å². The molecule has 2 heterocycles. The number of carbonyl (C=O) groups is 3. The second-order valence-corrected chi connectivity index (χ2v) is 11.2. The lowest BCUT2D eigenvalue weighted by Crippen LogP contribution is -2.57. The first-order valence-corrected chi connectivity index (χ1v) is 14.6. The maximum absolute atomic E-state index is 13.8. The van der Waals surface area contributed by atoms with Crippen LogP contribution in [0.15, 0.2) is 85.1 Å². The van der Waals surface area contributed by atoms with E-state index in [4.69, 9.17) is 0 Å². The standard InChI is InChI=1S/C33H39N7O3/c1-23(28-21-34-29-15-8-7-14-27(28)29)30(31(41)35-26-13-9-10-24(20-26)22-38(2)3)37-33(43)40-18-16-39(17-19-40)32(42)36-25-11-5-4-6-12-25/h4-15,20-21,23,30,34H,16-19,22H2,1-3H3,(H,35,41)(H,36,42)(H,37,43)/t23-,30+/m0/s1. The van der Waals surface area contributed by atoms with Crippen LogP contribution in [-0.2, 0) is 11.3 Å². The fourth-order valence-electron chi connectivity index (χ4n) is 5.46. The Kier molecular flexibility index (Phi) is 9.26. The Labute approximate surface area is 252 Å². The number of aromatic nitrogens is 1. The number of fused-ring (bicyclic) bond motifs is 1. The van der Waals surface area contributed by atoms with Gasteiger partial charge in [-0.3, -0.25) is 4.79 Å². The molecule has 5 rings (SSSR count). The highest BCUT2D eigenvalue weighted by molar-refractivity contribution is 5.98. The third kappa shape index (κ3) is 7.34. The molecule has 10 nitrogen and oxygen atoms in total. The van der Waals surface area contributed by atoms with Crippen molar-refractivity contribution in [1.29, 1.82) is 0 Å². The molecule has 224 valence electrons. The number of H-pyrrole nitrogens is 1. The molecule has 43 heavy (non-hydrogen) atoms. The zero-order chi connectivity index (χ0) is 30.3. The maximum atomic E-state index is 13.8. The van der Waals surface area contributed by atoms with Gasteiger partial charge in [0, 0.05) is 67.1 Å². The number of amides is 5. The molecule has 2 atom stereocenters. The van der Waals surface area contributed by atoms with Gasteiger partial charge in [0.15, 0.2) is 0 Å². The number of hydrogen-bond donors (Lipinski definition) is 4. The number of carbonyl (C=O) groups excluding carboxylic acids is 3. The molecule has 4 N–H and O–H groups in total. The fourth-order valence-corrected chi connectivity index (χ4v) is 5.46. The van der Waals surface area contributed by atoms with Gasteiger partial charge in [-0.15, -0.1) is 0 Å². The van der Waals surface area contributed by atoms with Gasteiger partial charge < -0.3 is 35.6 Å². The van der Waals surface area contributed by atoms with Crippen LogP contribution in [0, 0.1) is 0 Å². The lowest BCUT2D eigenvalue weighted by molar-refractivity contribution is -0.118. The van der Waals surface area contributed by atoms with Crippen molar-refractivity contribution < 1.29 is 14.4 Å². The van der Waals surface area contributed by atoms with E-state index in [1.807, 2.05) is 106 Å². The molecule has 10 heteroatoms. The van der Waals surface area contributed by atoms with Crippen LogP contribution in [0.25, 0.3) is 10.9 Å². The number of nitrogens with one attached hydrogen (secondary N) is 4. The predicted molar refractivity (Wildman–Crippen MR) is 170 cm³/mol. The molecule has 1 aromatic heterocycles. The van der Waals surface area contributed by atoms with Gasteiger partial charge >= 0.3 is 12.1 Å². The molecule has 0 aliphatic carbocycles. The summed E-state index contributed by atoms with van der Waals surface area (Å²) in [5, 5.41) is 9.96. The minimum absolute atomic E-state index is 0.201. The van der Waals surface area contributed by atoms with Crippen molar-refractivity contribution in [3.05, 3.63) is 96.2 Å². The molecular weight excluding hydrogens is 542 g/mol. The molecule has 0 spiro atoms. The Morgan fingerprint density at radius 1 is 0.814 bits per heavy atom. The molecule has 0 saturated carbocycles. The second-order valence-electron chi connectivity index (χ2n) is 11.2. The Bertz CT molecular complexity index is 1560. The lowest BCUT2D eigenvalue weighted by atomic mass is 9.92. The molecular formula is C33H39N7O3. The van der Waals surface area contributed by atoms with Gasteiger partial charge in [0.1, 0.15) is 6.04 Å². The highest BCUT2D eigenvalue weighted by Gasteiger charge is 2.32. The SMILES string of the molecule is C[C@@H](c1c[nH]c2ccccc12)[C@@H](NC(=O)N1CCN(C(=O)Nc2ccccc2)CC1)C(=O)Nc1cccc(CN(C)C)c1. The summed E-state index contributed by atoms with van der Waals surface area (Å²) in [6.07, 6.45) is 1.91. The van der Waals surface area contributed by atoms with Crippen LogP contribution in [-0.4, -0.2) is 84.0 Å². The first kappa shape index (κ1) is 29.7. The quantitative estimate of drug-likeness (QED) is 0.237. The minimum Gasteiger partial charge on any atom is -0.361 e. The first-order valence-electron chi connectivity index (χ1n) is 14.6. The van der Waals surface area contributed by atoms with Crippen LogP contribution in [0.5, 0.6) is 0 Å². The van der Waals surface area contributed by atoms with E-state index in [-0.39, 0.29) is 23.9 Å². The van der Waals surface area contributed by atoms with Crippen LogP contribution < -0.4 is 16.0 Å². The number of hydrogen-bond acceptors (Lipinski definition) is 4. The molecule has 1 aliphatic rings. The number of anilines is 2. The maximum Gasteiger partial charge on any atom is 0.321 e. The number of urea groups is 2. The summed E-state index contributed by atoms with van der Waals surface area (Å²) in [5.41, 5.74) is 4.38. The summed E-state index contributed by atoms with van der Waals surface area (Å²) < 4.78 is 0. The van der Waals surface area contributed by atoms with Crippen LogP contribution in [0.3, 0.4) is 0 Å². The number of para-hydroxylation sites is 2. The number of benzene rings is 3. The Morgan fingerprint density at radius 2 is 1.47 bits per heavy atom. The van der Waals surface area contributed by atoms with Crippen molar-refractivity contribution in [2.75, 3.05) is 50.9 Å². The predicted octanol–water partition coefficient (Wildman–Crippen LogP) is 4.90. The molecule has 0 unspecified atom stereocenters. The summed E-state index contributed by atoms with van der Waals surface area (Å²) in [7, 11) is 3.99. The van der Waals surface area contributed by atoms with E-state index in [0.717, 1.165) is 34.3 Å². The Hall–Kier alpha value is -4.83. The van der Waals surface area contributed by atoms with Crippen molar-refractivity contribution in [1.82, 2.24) is 25.0 Å². The third-order valence-electron chi connectivity index (χ3n) is 7.75. The first-order chi connectivity index (χ1) is 20.8. The number of aromatic amines is 1. The monoisotopic (exact) mass is 581 g/mol. The largest absolute Gasteiger partial charge is 0.361 e. The summed E-state index contributed by atoms with van der Waals surface area (Å²) in [5.74, 6) is -0.628. The minimum atomic E-state index is -0.844.